The van der Waals surface area contributed by atoms with Crippen molar-refractivity contribution in [1.29, 1.82) is 0 Å². The van der Waals surface area contributed by atoms with E-state index < -0.39 is 7.14 Å². The summed E-state index contributed by atoms with van der Waals surface area (Å²) < 4.78 is 12.1. The lowest BCUT2D eigenvalue weighted by atomic mass is 10.2. The molecule has 0 spiro atoms. The van der Waals surface area contributed by atoms with Gasteiger partial charge in [-0.1, -0.05) is 6.07 Å². The van der Waals surface area contributed by atoms with E-state index in [1.807, 2.05) is 37.3 Å². The molecule has 0 fully saturated rings. The molecule has 0 atom stereocenters. The highest BCUT2D eigenvalue weighted by Crippen LogP contribution is 2.33. The lowest BCUT2D eigenvalue weighted by Gasteiger charge is -2.10. The van der Waals surface area contributed by atoms with Crippen molar-refractivity contribution in [3.05, 3.63) is 54.4 Å². The number of nitrogens with one attached hydrogen (secondary N) is 1. The molecule has 3 N–H and O–H groups in total. The standard InChI is InChI=1S/C18H20N5OP/c1-12-4-6-14(19)10-16(12)23-18-20-9-8-15(22-18)13-5-7-17(21-11-13)25(2,3)24/h4-11H,19H2,1-3H3,(H,20,22,23). The van der Waals surface area contributed by atoms with Crippen LogP contribution in [0.5, 0.6) is 0 Å². The Labute approximate surface area is 146 Å². The van der Waals surface area contributed by atoms with Crippen molar-refractivity contribution in [3.63, 3.8) is 0 Å². The molecule has 0 aliphatic rings. The number of anilines is 3. The van der Waals surface area contributed by atoms with Crippen LogP contribution < -0.4 is 16.5 Å². The molecule has 0 saturated carbocycles. The number of hydrogen-bond acceptors (Lipinski definition) is 6. The Hall–Kier alpha value is -2.72. The molecule has 25 heavy (non-hydrogen) atoms. The monoisotopic (exact) mass is 353 g/mol. The van der Waals surface area contributed by atoms with Gasteiger partial charge in [-0.25, -0.2) is 9.97 Å². The zero-order chi connectivity index (χ0) is 18.0. The second-order valence-corrected chi connectivity index (χ2v) is 9.38. The first-order valence-electron chi connectivity index (χ1n) is 7.81. The van der Waals surface area contributed by atoms with Gasteiger partial charge in [0.15, 0.2) is 0 Å². The third-order valence-electron chi connectivity index (χ3n) is 3.76. The first kappa shape index (κ1) is 17.1. The SMILES string of the molecule is Cc1ccc(N)cc1Nc1nccc(-c2ccc(P(C)(C)=O)nc2)n1. The third-order valence-corrected chi connectivity index (χ3v) is 5.13. The molecule has 1 aromatic carbocycles. The molecule has 6 nitrogen and oxygen atoms in total. The Morgan fingerprint density at radius 3 is 2.56 bits per heavy atom. The number of hydrogen-bond donors (Lipinski definition) is 2. The van der Waals surface area contributed by atoms with E-state index in [0.717, 1.165) is 22.5 Å². The molecule has 2 heterocycles. The summed E-state index contributed by atoms with van der Waals surface area (Å²) in [7, 11) is -2.36. The zero-order valence-electron chi connectivity index (χ0n) is 14.4. The van der Waals surface area contributed by atoms with E-state index in [2.05, 4.69) is 20.3 Å². The number of rotatable bonds is 4. The molecular weight excluding hydrogens is 333 g/mol. The van der Waals surface area contributed by atoms with Crippen molar-refractivity contribution in [2.24, 2.45) is 0 Å². The van der Waals surface area contributed by atoms with E-state index in [1.54, 1.807) is 31.8 Å². The van der Waals surface area contributed by atoms with Crippen LogP contribution in [-0.2, 0) is 4.57 Å². The molecule has 3 aromatic rings. The largest absolute Gasteiger partial charge is 0.399 e. The highest BCUT2D eigenvalue weighted by molar-refractivity contribution is 7.69. The van der Waals surface area contributed by atoms with Gasteiger partial charge in [-0.2, -0.15) is 0 Å². The fourth-order valence-corrected chi connectivity index (χ4v) is 3.10. The number of aryl methyl sites for hydroxylation is 1. The topological polar surface area (TPSA) is 93.8 Å². The van der Waals surface area contributed by atoms with Crippen LogP contribution in [0.15, 0.2) is 48.8 Å². The molecule has 7 heteroatoms. The average molecular weight is 353 g/mol. The Bertz CT molecular complexity index is 950. The van der Waals surface area contributed by atoms with Crippen LogP contribution >= 0.6 is 7.14 Å². The fourth-order valence-electron chi connectivity index (χ4n) is 2.33. The first-order valence-corrected chi connectivity index (χ1v) is 10.4. The van der Waals surface area contributed by atoms with Crippen LogP contribution in [0.4, 0.5) is 17.3 Å². The van der Waals surface area contributed by atoms with Gasteiger partial charge in [0.2, 0.25) is 5.95 Å². The van der Waals surface area contributed by atoms with Gasteiger partial charge < -0.3 is 15.6 Å². The molecule has 0 bridgehead atoms. The molecule has 0 radical (unpaired) electrons. The van der Waals surface area contributed by atoms with E-state index in [9.17, 15) is 4.57 Å². The summed E-state index contributed by atoms with van der Waals surface area (Å²) in [5.41, 5.74) is 10.6. The van der Waals surface area contributed by atoms with Gasteiger partial charge in [0.1, 0.15) is 7.14 Å². The predicted molar refractivity (Wildman–Crippen MR) is 103 cm³/mol. The van der Waals surface area contributed by atoms with Gasteiger partial charge in [0, 0.05) is 29.3 Å². The summed E-state index contributed by atoms with van der Waals surface area (Å²) in [4.78, 5) is 13.1. The summed E-state index contributed by atoms with van der Waals surface area (Å²) in [6, 6.07) is 11.1. The van der Waals surface area contributed by atoms with Gasteiger partial charge in [0.25, 0.3) is 0 Å². The second kappa shape index (κ2) is 6.65. The molecule has 0 saturated heterocycles. The molecule has 0 amide bonds. The van der Waals surface area contributed by atoms with Crippen molar-refractivity contribution >= 4 is 29.9 Å². The Morgan fingerprint density at radius 1 is 1.08 bits per heavy atom. The van der Waals surface area contributed by atoms with Gasteiger partial charge in [-0.3, -0.25) is 4.98 Å². The van der Waals surface area contributed by atoms with Crippen LogP contribution in [0.1, 0.15) is 5.56 Å². The second-order valence-electron chi connectivity index (χ2n) is 6.22. The van der Waals surface area contributed by atoms with Crippen LogP contribution in [0.25, 0.3) is 11.3 Å². The Balaban J connectivity index is 1.89. The van der Waals surface area contributed by atoms with E-state index in [1.165, 1.54) is 0 Å². The third kappa shape index (κ3) is 4.03. The molecular formula is C18H20N5OP. The van der Waals surface area contributed by atoms with Crippen LogP contribution in [0, 0.1) is 6.92 Å². The van der Waals surface area contributed by atoms with Crippen LogP contribution in [0.2, 0.25) is 0 Å². The minimum Gasteiger partial charge on any atom is -0.399 e. The number of aromatic nitrogens is 3. The van der Waals surface area contributed by atoms with Crippen LogP contribution in [-0.4, -0.2) is 28.3 Å². The highest BCUT2D eigenvalue weighted by atomic mass is 31.2. The normalized spacial score (nSPS) is 11.3. The van der Waals surface area contributed by atoms with Crippen molar-refractivity contribution in [2.45, 2.75) is 6.92 Å². The molecule has 0 aliphatic heterocycles. The van der Waals surface area contributed by atoms with Crippen molar-refractivity contribution in [3.8, 4) is 11.3 Å². The number of benzene rings is 1. The molecule has 3 rings (SSSR count). The van der Waals surface area contributed by atoms with E-state index in [-0.39, 0.29) is 0 Å². The minimum atomic E-state index is -2.36. The van der Waals surface area contributed by atoms with Gasteiger partial charge in [-0.05, 0) is 56.1 Å². The predicted octanol–water partition coefficient (Wildman–Crippen LogP) is 3.42. The Morgan fingerprint density at radius 2 is 1.88 bits per heavy atom. The van der Waals surface area contributed by atoms with E-state index >= 15 is 0 Å². The smallest absolute Gasteiger partial charge is 0.227 e. The zero-order valence-corrected chi connectivity index (χ0v) is 15.3. The number of nitrogens with two attached hydrogens (primary N) is 1. The quantitative estimate of drug-likeness (QED) is 0.551. The average Bonchev–Trinajstić information content (AvgIpc) is 2.58. The molecule has 0 unspecified atom stereocenters. The van der Waals surface area contributed by atoms with Crippen LogP contribution in [0.3, 0.4) is 0 Å². The van der Waals surface area contributed by atoms with Crippen molar-refractivity contribution in [2.75, 3.05) is 24.4 Å². The highest BCUT2D eigenvalue weighted by Gasteiger charge is 2.13. The summed E-state index contributed by atoms with van der Waals surface area (Å²) >= 11 is 0. The van der Waals surface area contributed by atoms with Gasteiger partial charge >= 0.3 is 0 Å². The summed E-state index contributed by atoms with van der Waals surface area (Å²) in [6.45, 7) is 5.40. The van der Waals surface area contributed by atoms with Gasteiger partial charge in [-0.15, -0.1) is 0 Å². The minimum absolute atomic E-state index is 0.479. The number of nitrogen functional groups attached to an aromatic ring is 1. The number of pyridine rings is 1. The van der Waals surface area contributed by atoms with E-state index in [0.29, 0.717) is 17.1 Å². The maximum Gasteiger partial charge on any atom is 0.227 e. The molecule has 128 valence electrons. The number of nitrogens with zero attached hydrogens (tertiary/aromatic N) is 3. The Kier molecular flexibility index (Phi) is 4.55. The lowest BCUT2D eigenvalue weighted by molar-refractivity contribution is 0.588. The molecule has 2 aromatic heterocycles. The maximum absolute atomic E-state index is 12.1. The van der Waals surface area contributed by atoms with E-state index in [4.69, 9.17) is 5.73 Å². The summed E-state index contributed by atoms with van der Waals surface area (Å²) in [6.07, 6.45) is 3.37. The van der Waals surface area contributed by atoms with Crippen molar-refractivity contribution < 1.29 is 4.57 Å². The summed E-state index contributed by atoms with van der Waals surface area (Å²) in [5.74, 6) is 0.479. The van der Waals surface area contributed by atoms with Gasteiger partial charge in [0.05, 0.1) is 11.1 Å². The van der Waals surface area contributed by atoms with Crippen molar-refractivity contribution in [1.82, 2.24) is 15.0 Å². The lowest BCUT2D eigenvalue weighted by Crippen LogP contribution is -2.07. The maximum atomic E-state index is 12.1. The molecule has 0 aliphatic carbocycles. The fraction of sp³-hybridized carbons (Fsp3) is 0.167. The summed E-state index contributed by atoms with van der Waals surface area (Å²) in [5, 5.41) is 3.19. The first-order chi connectivity index (χ1) is 11.8.